The number of esters is 1. The third kappa shape index (κ3) is 3.14. The number of hydrogen-bond acceptors (Lipinski definition) is 7. The van der Waals surface area contributed by atoms with Crippen LogP contribution in [0.4, 0.5) is 0 Å². The summed E-state index contributed by atoms with van der Waals surface area (Å²) in [6.45, 7) is 3.36. The molecule has 1 aliphatic heterocycles. The number of nitrogens with zero attached hydrogens (tertiary/aromatic N) is 5. The van der Waals surface area contributed by atoms with Crippen LogP contribution in [0.5, 0.6) is 0 Å². The van der Waals surface area contributed by atoms with Gasteiger partial charge in [0.2, 0.25) is 0 Å². The molecule has 0 N–H and O–H groups in total. The van der Waals surface area contributed by atoms with Crippen LogP contribution in [0.25, 0.3) is 5.82 Å². The van der Waals surface area contributed by atoms with E-state index in [-0.39, 0.29) is 18.7 Å². The molecular formula is C14H17N5O4. The highest BCUT2D eigenvalue weighted by molar-refractivity contribution is 5.65. The molecule has 0 spiro atoms. The summed E-state index contributed by atoms with van der Waals surface area (Å²) in [5, 5.41) is 3.94. The van der Waals surface area contributed by atoms with Crippen molar-refractivity contribution < 1.29 is 14.3 Å². The van der Waals surface area contributed by atoms with Crippen molar-refractivity contribution in [2.24, 2.45) is 0 Å². The van der Waals surface area contributed by atoms with Crippen molar-refractivity contribution in [1.82, 2.24) is 24.3 Å². The van der Waals surface area contributed by atoms with Gasteiger partial charge in [-0.3, -0.25) is 9.36 Å². The summed E-state index contributed by atoms with van der Waals surface area (Å²) in [6, 6.07) is 1.67. The Kier molecular flexibility index (Phi) is 3.95. The van der Waals surface area contributed by atoms with Crippen LogP contribution < -0.4 is 5.69 Å². The van der Waals surface area contributed by atoms with Gasteiger partial charge in [0, 0.05) is 13.1 Å². The second-order valence-electron chi connectivity index (χ2n) is 5.53. The minimum Gasteiger partial charge on any atom is -0.463 e. The summed E-state index contributed by atoms with van der Waals surface area (Å²) in [7, 11) is 0. The Labute approximate surface area is 131 Å². The fourth-order valence-electron chi connectivity index (χ4n) is 2.62. The first-order chi connectivity index (χ1) is 11.0. The van der Waals surface area contributed by atoms with E-state index in [4.69, 9.17) is 9.47 Å². The number of hydrogen-bond donors (Lipinski definition) is 0. The summed E-state index contributed by atoms with van der Waals surface area (Å²) in [4.78, 5) is 31.0. The van der Waals surface area contributed by atoms with Crippen LogP contribution in [-0.2, 0) is 20.0 Å². The summed E-state index contributed by atoms with van der Waals surface area (Å²) in [6.07, 6.45) is 5.56. The van der Waals surface area contributed by atoms with E-state index >= 15 is 0 Å². The highest BCUT2D eigenvalue weighted by Gasteiger charge is 2.39. The second-order valence-corrected chi connectivity index (χ2v) is 5.53. The van der Waals surface area contributed by atoms with Crippen LogP contribution in [0.3, 0.4) is 0 Å². The molecular weight excluding hydrogens is 302 g/mol. The van der Waals surface area contributed by atoms with Crippen molar-refractivity contribution in [2.75, 3.05) is 6.61 Å². The van der Waals surface area contributed by atoms with Gasteiger partial charge in [-0.2, -0.15) is 10.1 Å². The number of rotatable bonds is 4. The van der Waals surface area contributed by atoms with Gasteiger partial charge >= 0.3 is 11.7 Å². The van der Waals surface area contributed by atoms with E-state index in [0.717, 1.165) is 0 Å². The van der Waals surface area contributed by atoms with Crippen molar-refractivity contribution in [3.05, 3.63) is 35.4 Å². The van der Waals surface area contributed by atoms with Crippen molar-refractivity contribution in [3.8, 4) is 5.82 Å². The van der Waals surface area contributed by atoms with E-state index in [1.54, 1.807) is 12.3 Å². The van der Waals surface area contributed by atoms with E-state index in [2.05, 4.69) is 15.1 Å². The number of carbonyl (C=O) groups excluding carboxylic acids is 1. The highest BCUT2D eigenvalue weighted by Crippen LogP contribution is 2.33. The molecule has 0 saturated carbocycles. The summed E-state index contributed by atoms with van der Waals surface area (Å²) in [5.41, 5.74) is -1.25. The first kappa shape index (κ1) is 15.3. The molecule has 2 aromatic heterocycles. The zero-order valence-electron chi connectivity index (χ0n) is 12.9. The van der Waals surface area contributed by atoms with Crippen LogP contribution in [0, 0.1) is 0 Å². The molecule has 122 valence electrons. The predicted molar refractivity (Wildman–Crippen MR) is 77.8 cm³/mol. The van der Waals surface area contributed by atoms with Crippen LogP contribution >= 0.6 is 0 Å². The molecule has 2 atom stereocenters. The van der Waals surface area contributed by atoms with Gasteiger partial charge in [0.15, 0.2) is 5.82 Å². The molecule has 9 nitrogen and oxygen atoms in total. The molecule has 0 radical (unpaired) electrons. The Morgan fingerprint density at radius 3 is 3.04 bits per heavy atom. The topological polar surface area (TPSA) is 101 Å². The molecule has 1 aliphatic rings. The van der Waals surface area contributed by atoms with Gasteiger partial charge in [-0.1, -0.05) is 0 Å². The van der Waals surface area contributed by atoms with Crippen molar-refractivity contribution in [3.63, 3.8) is 0 Å². The second kappa shape index (κ2) is 5.92. The third-order valence-electron chi connectivity index (χ3n) is 3.78. The van der Waals surface area contributed by atoms with Gasteiger partial charge in [0.05, 0.1) is 6.10 Å². The average molecular weight is 319 g/mol. The lowest BCUT2D eigenvalue weighted by Gasteiger charge is -2.27. The molecule has 2 aromatic rings. The van der Waals surface area contributed by atoms with Crippen LogP contribution in [0.1, 0.15) is 26.7 Å². The molecule has 23 heavy (non-hydrogen) atoms. The first-order valence-corrected chi connectivity index (χ1v) is 7.24. The maximum absolute atomic E-state index is 12.3. The molecule has 1 saturated heterocycles. The molecule has 0 bridgehead atoms. The number of aromatic nitrogens is 5. The molecule has 3 rings (SSSR count). The molecule has 0 aliphatic carbocycles. The van der Waals surface area contributed by atoms with Crippen LogP contribution in [-0.4, -0.2) is 43.0 Å². The van der Waals surface area contributed by atoms with Gasteiger partial charge in [-0.05, 0) is 25.8 Å². The fourth-order valence-corrected chi connectivity index (χ4v) is 2.62. The quantitative estimate of drug-likeness (QED) is 0.744. The minimum absolute atomic E-state index is 0.185. The first-order valence-electron chi connectivity index (χ1n) is 7.24. The largest absolute Gasteiger partial charge is 0.463 e. The Morgan fingerprint density at radius 2 is 2.39 bits per heavy atom. The SMILES string of the molecule is CC(=O)OC[C@@H]1CC[C@](C)(n2ccc(-n3cncn3)nc2=O)O1. The Morgan fingerprint density at radius 1 is 1.57 bits per heavy atom. The lowest BCUT2D eigenvalue weighted by molar-refractivity contribution is -0.150. The van der Waals surface area contributed by atoms with Gasteiger partial charge in [0.1, 0.15) is 25.0 Å². The van der Waals surface area contributed by atoms with E-state index < -0.39 is 11.4 Å². The Hall–Kier alpha value is -2.55. The van der Waals surface area contributed by atoms with Crippen molar-refractivity contribution in [2.45, 2.75) is 38.5 Å². The molecule has 9 heteroatoms. The zero-order valence-corrected chi connectivity index (χ0v) is 12.9. The number of carbonyl (C=O) groups is 1. The van der Waals surface area contributed by atoms with Crippen molar-refractivity contribution >= 4 is 5.97 Å². The summed E-state index contributed by atoms with van der Waals surface area (Å²) < 4.78 is 13.7. The van der Waals surface area contributed by atoms with Gasteiger partial charge in [-0.15, -0.1) is 0 Å². The number of ether oxygens (including phenoxy) is 2. The lowest BCUT2D eigenvalue weighted by Crippen LogP contribution is -2.40. The van der Waals surface area contributed by atoms with Gasteiger partial charge in [0.25, 0.3) is 0 Å². The standard InChI is InChI=1S/C14H17N5O4/c1-10(20)22-7-11-3-5-14(2,23-11)18-6-4-12(17-13(18)21)19-9-15-8-16-19/h4,6,8-9,11H,3,5,7H2,1-2H3/t11-,14+/m0/s1. The maximum Gasteiger partial charge on any atom is 0.351 e. The van der Waals surface area contributed by atoms with E-state index in [1.807, 2.05) is 6.92 Å². The van der Waals surface area contributed by atoms with E-state index in [0.29, 0.717) is 18.7 Å². The smallest absolute Gasteiger partial charge is 0.351 e. The molecule has 1 fully saturated rings. The predicted octanol–water partition coefficient (Wildman–Crippen LogP) is 0.239. The van der Waals surface area contributed by atoms with E-state index in [1.165, 1.54) is 28.8 Å². The average Bonchev–Trinajstić information content (AvgIpc) is 3.15. The molecule has 3 heterocycles. The monoisotopic (exact) mass is 319 g/mol. The lowest BCUT2D eigenvalue weighted by atomic mass is 10.1. The third-order valence-corrected chi connectivity index (χ3v) is 3.78. The van der Waals surface area contributed by atoms with Crippen molar-refractivity contribution in [1.29, 1.82) is 0 Å². The van der Waals surface area contributed by atoms with Crippen LogP contribution in [0.2, 0.25) is 0 Å². The molecule has 0 unspecified atom stereocenters. The summed E-state index contributed by atoms with van der Waals surface area (Å²) in [5.74, 6) is 0.0417. The Balaban J connectivity index is 1.79. The fraction of sp³-hybridized carbons (Fsp3) is 0.500. The molecule has 0 amide bonds. The summed E-state index contributed by atoms with van der Waals surface area (Å²) >= 11 is 0. The molecule has 0 aromatic carbocycles. The Bertz CT molecular complexity index is 757. The minimum atomic E-state index is -0.810. The van der Waals surface area contributed by atoms with Crippen LogP contribution in [0.15, 0.2) is 29.7 Å². The van der Waals surface area contributed by atoms with Gasteiger partial charge < -0.3 is 9.47 Å². The highest BCUT2D eigenvalue weighted by atomic mass is 16.6. The maximum atomic E-state index is 12.3. The van der Waals surface area contributed by atoms with Gasteiger partial charge in [-0.25, -0.2) is 14.5 Å². The van der Waals surface area contributed by atoms with E-state index in [9.17, 15) is 9.59 Å². The normalized spacial score (nSPS) is 23.8. The zero-order chi connectivity index (χ0) is 16.4.